The van der Waals surface area contributed by atoms with E-state index < -0.39 is 0 Å². The predicted octanol–water partition coefficient (Wildman–Crippen LogP) is 2.99. The number of unbranched alkanes of at least 4 members (excludes halogenated alkanes) is 1. The highest BCUT2D eigenvalue weighted by Crippen LogP contribution is 2.38. The van der Waals surface area contributed by atoms with Crippen molar-refractivity contribution in [1.82, 2.24) is 5.32 Å². The van der Waals surface area contributed by atoms with Crippen molar-refractivity contribution in [2.75, 3.05) is 13.4 Å². The molecule has 5 nitrogen and oxygen atoms in total. The fraction of sp³-hybridized carbons (Fsp3) is 0.562. The first kappa shape index (κ1) is 15.5. The van der Waals surface area contributed by atoms with Crippen LogP contribution in [0.3, 0.4) is 0 Å². The highest BCUT2D eigenvalue weighted by atomic mass is 16.7. The van der Waals surface area contributed by atoms with Crippen LogP contribution in [0, 0.1) is 11.3 Å². The molecule has 0 radical (unpaired) electrons. The van der Waals surface area contributed by atoms with Crippen LogP contribution in [0.25, 0.3) is 0 Å². The molecule has 1 aliphatic rings. The molecule has 0 aliphatic carbocycles. The molecule has 0 unspecified atom stereocenters. The first-order valence-corrected chi connectivity index (χ1v) is 7.17. The van der Waals surface area contributed by atoms with Gasteiger partial charge in [0.25, 0.3) is 0 Å². The van der Waals surface area contributed by atoms with Crippen LogP contribution in [0.5, 0.6) is 17.2 Å². The van der Waals surface area contributed by atoms with E-state index in [1.165, 1.54) is 0 Å². The average molecular weight is 290 g/mol. The second kappa shape index (κ2) is 6.68. The molecule has 0 bridgehead atoms. The topological polar surface area (TPSA) is 63.5 Å². The summed E-state index contributed by atoms with van der Waals surface area (Å²) in [4.78, 5) is 0. The van der Waals surface area contributed by atoms with Gasteiger partial charge in [-0.3, -0.25) is 0 Å². The average Bonchev–Trinajstić information content (AvgIpc) is 2.87. The Labute approximate surface area is 125 Å². The van der Waals surface area contributed by atoms with E-state index >= 15 is 0 Å². The molecule has 0 atom stereocenters. The van der Waals surface area contributed by atoms with E-state index in [1.807, 2.05) is 12.1 Å². The molecule has 0 aromatic heterocycles. The number of hydrogen-bond acceptors (Lipinski definition) is 5. The van der Waals surface area contributed by atoms with Gasteiger partial charge in [0, 0.05) is 30.1 Å². The van der Waals surface area contributed by atoms with E-state index in [2.05, 4.69) is 32.2 Å². The fourth-order valence-corrected chi connectivity index (χ4v) is 1.93. The van der Waals surface area contributed by atoms with Crippen molar-refractivity contribution in [3.63, 3.8) is 0 Å². The van der Waals surface area contributed by atoms with Gasteiger partial charge in [0.1, 0.15) is 5.75 Å². The number of fused-ring (bicyclic) bond motifs is 1. The van der Waals surface area contributed by atoms with Gasteiger partial charge in [0.15, 0.2) is 11.5 Å². The molecule has 114 valence electrons. The molecule has 0 spiro atoms. The Morgan fingerprint density at radius 3 is 2.67 bits per heavy atom. The largest absolute Gasteiger partial charge is 0.493 e. The molecular weight excluding hydrogens is 268 g/mol. The maximum absolute atomic E-state index is 8.57. The van der Waals surface area contributed by atoms with Crippen LogP contribution in [0.1, 0.15) is 39.2 Å². The van der Waals surface area contributed by atoms with Gasteiger partial charge in [-0.2, -0.15) is 5.26 Å². The van der Waals surface area contributed by atoms with Crippen molar-refractivity contribution in [1.29, 1.82) is 5.26 Å². The van der Waals surface area contributed by atoms with Crippen LogP contribution in [0.15, 0.2) is 12.1 Å². The predicted molar refractivity (Wildman–Crippen MR) is 79.5 cm³/mol. The van der Waals surface area contributed by atoms with E-state index in [-0.39, 0.29) is 12.3 Å². The van der Waals surface area contributed by atoms with Gasteiger partial charge in [-0.1, -0.05) is 0 Å². The van der Waals surface area contributed by atoms with E-state index in [1.54, 1.807) is 0 Å². The Morgan fingerprint density at radius 2 is 2.00 bits per heavy atom. The summed E-state index contributed by atoms with van der Waals surface area (Å²) in [6.07, 6.45) is 1.22. The number of nitriles is 1. The number of nitrogens with one attached hydrogen (secondary N) is 1. The maximum atomic E-state index is 8.57. The van der Waals surface area contributed by atoms with E-state index in [4.69, 9.17) is 19.5 Å². The lowest BCUT2D eigenvalue weighted by molar-refractivity contribution is 0.173. The lowest BCUT2D eigenvalue weighted by Gasteiger charge is -2.22. The SMILES string of the molecule is CC(C)(C)NCc1cc2c(cc1OCCCC#N)OCO2. The second-order valence-corrected chi connectivity index (χ2v) is 6.03. The van der Waals surface area contributed by atoms with Crippen LogP contribution < -0.4 is 19.5 Å². The van der Waals surface area contributed by atoms with Crippen molar-refractivity contribution < 1.29 is 14.2 Å². The molecule has 0 amide bonds. The quantitative estimate of drug-likeness (QED) is 0.816. The third-order valence-corrected chi connectivity index (χ3v) is 3.06. The Balaban J connectivity index is 2.10. The summed E-state index contributed by atoms with van der Waals surface area (Å²) in [6.45, 7) is 7.82. The molecule has 0 fully saturated rings. The molecule has 5 heteroatoms. The zero-order chi connectivity index (χ0) is 15.3. The van der Waals surface area contributed by atoms with Crippen molar-refractivity contribution in [2.45, 2.75) is 45.7 Å². The number of benzene rings is 1. The number of ether oxygens (including phenoxy) is 3. The molecule has 0 saturated heterocycles. The highest BCUT2D eigenvalue weighted by molar-refractivity contribution is 5.51. The first-order chi connectivity index (χ1) is 9.99. The first-order valence-electron chi connectivity index (χ1n) is 7.17. The minimum Gasteiger partial charge on any atom is -0.493 e. The molecule has 1 aromatic carbocycles. The summed E-state index contributed by atoms with van der Waals surface area (Å²) in [5.74, 6) is 2.25. The third kappa shape index (κ3) is 4.54. The van der Waals surface area contributed by atoms with Gasteiger partial charge in [-0.05, 0) is 33.3 Å². The van der Waals surface area contributed by atoms with E-state index in [9.17, 15) is 0 Å². The Kier molecular flexibility index (Phi) is 4.92. The molecule has 1 aromatic rings. The maximum Gasteiger partial charge on any atom is 0.231 e. The zero-order valence-electron chi connectivity index (χ0n) is 12.9. The van der Waals surface area contributed by atoms with Gasteiger partial charge in [0.2, 0.25) is 6.79 Å². The van der Waals surface area contributed by atoms with Crippen LogP contribution in [0.4, 0.5) is 0 Å². The normalized spacial score (nSPS) is 13.0. The minimum absolute atomic E-state index is 0.0223. The van der Waals surface area contributed by atoms with Crippen LogP contribution in [-0.4, -0.2) is 18.9 Å². The fourth-order valence-electron chi connectivity index (χ4n) is 1.93. The summed E-state index contributed by atoms with van der Waals surface area (Å²) in [5.41, 5.74) is 1.06. The summed E-state index contributed by atoms with van der Waals surface area (Å²) >= 11 is 0. The molecule has 21 heavy (non-hydrogen) atoms. The Morgan fingerprint density at radius 1 is 1.29 bits per heavy atom. The number of hydrogen-bond donors (Lipinski definition) is 1. The second-order valence-electron chi connectivity index (χ2n) is 6.03. The Bertz CT molecular complexity index is 530. The highest BCUT2D eigenvalue weighted by Gasteiger charge is 2.19. The molecule has 0 saturated carbocycles. The molecule has 1 heterocycles. The van der Waals surface area contributed by atoms with Crippen LogP contribution in [-0.2, 0) is 6.54 Å². The lowest BCUT2D eigenvalue weighted by atomic mass is 10.1. The van der Waals surface area contributed by atoms with Gasteiger partial charge in [0.05, 0.1) is 12.7 Å². The van der Waals surface area contributed by atoms with Crippen LogP contribution >= 0.6 is 0 Å². The minimum atomic E-state index is 0.0223. The third-order valence-electron chi connectivity index (χ3n) is 3.06. The van der Waals surface area contributed by atoms with Gasteiger partial charge in [-0.25, -0.2) is 0 Å². The number of nitrogens with zero attached hydrogens (tertiary/aromatic N) is 1. The summed E-state index contributed by atoms with van der Waals surface area (Å²) in [6, 6.07) is 5.95. The standard InChI is InChI=1S/C16H22N2O3/c1-16(2,3)18-10-12-8-14-15(21-11-20-14)9-13(12)19-7-5-4-6-17/h8-9,18H,4-5,7,10-11H2,1-3H3. The monoisotopic (exact) mass is 290 g/mol. The number of rotatable bonds is 6. The summed E-state index contributed by atoms with van der Waals surface area (Å²) in [5, 5.41) is 12.0. The molecule has 2 rings (SSSR count). The van der Waals surface area contributed by atoms with Crippen molar-refractivity contribution in [2.24, 2.45) is 0 Å². The zero-order valence-corrected chi connectivity index (χ0v) is 12.9. The van der Waals surface area contributed by atoms with E-state index in [0.717, 1.165) is 23.5 Å². The smallest absolute Gasteiger partial charge is 0.231 e. The molecule has 1 aliphatic heterocycles. The van der Waals surface area contributed by atoms with Crippen molar-refractivity contribution >= 4 is 0 Å². The van der Waals surface area contributed by atoms with Crippen LogP contribution in [0.2, 0.25) is 0 Å². The summed E-state index contributed by atoms with van der Waals surface area (Å²) < 4.78 is 16.6. The molecular formula is C16H22N2O3. The van der Waals surface area contributed by atoms with Crippen molar-refractivity contribution in [3.8, 4) is 23.3 Å². The van der Waals surface area contributed by atoms with Gasteiger partial charge < -0.3 is 19.5 Å². The van der Waals surface area contributed by atoms with E-state index in [0.29, 0.717) is 25.3 Å². The van der Waals surface area contributed by atoms with Gasteiger partial charge in [-0.15, -0.1) is 0 Å². The van der Waals surface area contributed by atoms with Gasteiger partial charge >= 0.3 is 0 Å². The Hall–Kier alpha value is -1.93. The van der Waals surface area contributed by atoms with Crippen molar-refractivity contribution in [3.05, 3.63) is 17.7 Å². The molecule has 1 N–H and O–H groups in total. The summed E-state index contributed by atoms with van der Waals surface area (Å²) in [7, 11) is 0. The lowest BCUT2D eigenvalue weighted by Crippen LogP contribution is -2.35.